The lowest BCUT2D eigenvalue weighted by molar-refractivity contribution is 0.398. The summed E-state index contributed by atoms with van der Waals surface area (Å²) in [5, 5.41) is 15.6. The average molecular weight is 329 g/mol. The van der Waals surface area contributed by atoms with E-state index in [4.69, 9.17) is 0 Å². The number of aromatic nitrogens is 4. The van der Waals surface area contributed by atoms with Crippen molar-refractivity contribution in [3.8, 4) is 0 Å². The average Bonchev–Trinajstić information content (AvgIpc) is 2.96. The number of nitrogens with one attached hydrogen (secondary N) is 1. The van der Waals surface area contributed by atoms with E-state index in [1.54, 1.807) is 0 Å². The van der Waals surface area contributed by atoms with Crippen molar-refractivity contribution in [2.24, 2.45) is 11.8 Å². The van der Waals surface area contributed by atoms with E-state index < -0.39 is 0 Å². The van der Waals surface area contributed by atoms with Crippen LogP contribution in [0, 0.1) is 11.8 Å². The van der Waals surface area contributed by atoms with Crippen molar-refractivity contribution < 1.29 is 0 Å². The molecule has 2 rings (SSSR count). The van der Waals surface area contributed by atoms with E-state index >= 15 is 0 Å². The predicted molar refractivity (Wildman–Crippen MR) is 97.5 cm³/mol. The Bertz CT molecular complexity index is 600. The SMILES string of the molecule is CCCn1nnnc1CNC(c1ccc(CC(C)C)cc1)C(C)C. The van der Waals surface area contributed by atoms with E-state index in [1.165, 1.54) is 11.1 Å². The van der Waals surface area contributed by atoms with Crippen molar-refractivity contribution in [2.75, 3.05) is 0 Å². The van der Waals surface area contributed by atoms with E-state index in [0.29, 0.717) is 24.4 Å². The number of tetrazole rings is 1. The van der Waals surface area contributed by atoms with E-state index in [-0.39, 0.29) is 0 Å². The fraction of sp³-hybridized carbons (Fsp3) is 0.632. The quantitative estimate of drug-likeness (QED) is 0.761. The first-order valence-electron chi connectivity index (χ1n) is 9.08. The molecule has 0 aliphatic carbocycles. The van der Waals surface area contributed by atoms with Gasteiger partial charge in [0.1, 0.15) is 0 Å². The Hall–Kier alpha value is -1.75. The highest BCUT2D eigenvalue weighted by atomic mass is 15.5. The Balaban J connectivity index is 2.05. The Labute approximate surface area is 145 Å². The van der Waals surface area contributed by atoms with Crippen molar-refractivity contribution in [1.82, 2.24) is 25.5 Å². The van der Waals surface area contributed by atoms with Crippen molar-refractivity contribution >= 4 is 0 Å². The lowest BCUT2D eigenvalue weighted by Gasteiger charge is -2.23. The van der Waals surface area contributed by atoms with Crippen molar-refractivity contribution in [3.05, 3.63) is 41.2 Å². The molecule has 0 radical (unpaired) electrons. The molecular formula is C19H31N5. The zero-order chi connectivity index (χ0) is 17.5. The fourth-order valence-corrected chi connectivity index (χ4v) is 3.01. The van der Waals surface area contributed by atoms with Gasteiger partial charge >= 0.3 is 0 Å². The minimum atomic E-state index is 0.296. The molecule has 0 aliphatic heterocycles. The van der Waals surface area contributed by atoms with Gasteiger partial charge in [-0.15, -0.1) is 5.10 Å². The third-order valence-corrected chi connectivity index (χ3v) is 4.17. The van der Waals surface area contributed by atoms with Crippen molar-refractivity contribution in [3.63, 3.8) is 0 Å². The molecule has 2 aromatic rings. The van der Waals surface area contributed by atoms with Crippen LogP contribution in [0.3, 0.4) is 0 Å². The summed E-state index contributed by atoms with van der Waals surface area (Å²) in [4.78, 5) is 0. The van der Waals surface area contributed by atoms with Crippen molar-refractivity contribution in [1.29, 1.82) is 0 Å². The minimum absolute atomic E-state index is 0.296. The monoisotopic (exact) mass is 329 g/mol. The molecule has 1 aromatic heterocycles. The molecule has 0 bridgehead atoms. The van der Waals surface area contributed by atoms with Gasteiger partial charge in [0.2, 0.25) is 0 Å². The number of nitrogens with zero attached hydrogens (tertiary/aromatic N) is 4. The van der Waals surface area contributed by atoms with Crippen LogP contribution in [0.2, 0.25) is 0 Å². The predicted octanol–water partition coefficient (Wildman–Crippen LogP) is 3.77. The lowest BCUT2D eigenvalue weighted by atomic mass is 9.94. The summed E-state index contributed by atoms with van der Waals surface area (Å²) in [5.74, 6) is 2.09. The van der Waals surface area contributed by atoms with Gasteiger partial charge in [-0.3, -0.25) is 0 Å². The molecule has 24 heavy (non-hydrogen) atoms. The molecule has 0 spiro atoms. The number of aryl methyl sites for hydroxylation is 1. The molecule has 5 nitrogen and oxygen atoms in total. The zero-order valence-electron chi connectivity index (χ0n) is 15.7. The molecular weight excluding hydrogens is 298 g/mol. The maximum atomic E-state index is 4.15. The van der Waals surface area contributed by atoms with Gasteiger partial charge in [0.05, 0.1) is 6.54 Å². The smallest absolute Gasteiger partial charge is 0.165 e. The lowest BCUT2D eigenvalue weighted by Crippen LogP contribution is -2.27. The van der Waals surface area contributed by atoms with Crippen LogP contribution in [0.4, 0.5) is 0 Å². The topological polar surface area (TPSA) is 55.6 Å². The number of benzene rings is 1. The third-order valence-electron chi connectivity index (χ3n) is 4.17. The standard InChI is InChI=1S/C19H31N5/c1-6-11-24-18(21-22-23-24)13-20-19(15(4)5)17-9-7-16(8-10-17)12-14(2)3/h7-10,14-15,19-20H,6,11-13H2,1-5H3. The maximum absolute atomic E-state index is 4.15. The first kappa shape index (κ1) is 18.6. The van der Waals surface area contributed by atoms with E-state index in [2.05, 4.69) is 79.7 Å². The first-order valence-corrected chi connectivity index (χ1v) is 9.08. The fourth-order valence-electron chi connectivity index (χ4n) is 3.01. The Morgan fingerprint density at radius 3 is 2.38 bits per heavy atom. The van der Waals surface area contributed by atoms with Crippen LogP contribution in [0.25, 0.3) is 0 Å². The van der Waals surface area contributed by atoms with Crippen molar-refractivity contribution in [2.45, 2.75) is 66.6 Å². The van der Waals surface area contributed by atoms with Crippen LogP contribution in [0.15, 0.2) is 24.3 Å². The summed E-state index contributed by atoms with van der Waals surface area (Å²) < 4.78 is 1.89. The van der Waals surface area contributed by atoms with Gasteiger partial charge < -0.3 is 5.32 Å². The molecule has 0 fully saturated rings. The normalized spacial score (nSPS) is 13.0. The molecule has 5 heteroatoms. The highest BCUT2D eigenvalue weighted by molar-refractivity contribution is 5.25. The molecule has 1 unspecified atom stereocenters. The number of hydrogen-bond donors (Lipinski definition) is 1. The van der Waals surface area contributed by atoms with Gasteiger partial charge in [0.15, 0.2) is 5.82 Å². The number of rotatable bonds is 9. The second kappa shape index (κ2) is 8.92. The van der Waals surface area contributed by atoms with E-state index in [1.807, 2.05) is 4.68 Å². The van der Waals surface area contributed by atoms with Crippen LogP contribution in [0.5, 0.6) is 0 Å². The summed E-state index contributed by atoms with van der Waals surface area (Å²) in [7, 11) is 0. The molecule has 1 heterocycles. The van der Waals surface area contributed by atoms with Crippen LogP contribution in [0.1, 0.15) is 64.0 Å². The number of hydrogen-bond acceptors (Lipinski definition) is 4. The Kier molecular flexibility index (Phi) is 6.91. The van der Waals surface area contributed by atoms with Gasteiger partial charge in [-0.05, 0) is 46.2 Å². The Morgan fingerprint density at radius 1 is 1.08 bits per heavy atom. The molecule has 0 saturated heterocycles. The highest BCUT2D eigenvalue weighted by Crippen LogP contribution is 2.23. The van der Waals surface area contributed by atoms with Crippen LogP contribution < -0.4 is 5.32 Å². The van der Waals surface area contributed by atoms with E-state index in [0.717, 1.165) is 25.2 Å². The zero-order valence-corrected chi connectivity index (χ0v) is 15.7. The van der Waals surface area contributed by atoms with Gasteiger partial charge in [-0.2, -0.15) is 0 Å². The molecule has 132 valence electrons. The highest BCUT2D eigenvalue weighted by Gasteiger charge is 2.17. The van der Waals surface area contributed by atoms with Crippen LogP contribution in [-0.4, -0.2) is 20.2 Å². The Morgan fingerprint density at radius 2 is 1.79 bits per heavy atom. The molecule has 1 aromatic carbocycles. The molecule has 0 aliphatic rings. The van der Waals surface area contributed by atoms with Gasteiger partial charge in [-0.25, -0.2) is 4.68 Å². The largest absolute Gasteiger partial charge is 0.303 e. The third kappa shape index (κ3) is 5.13. The second-order valence-electron chi connectivity index (χ2n) is 7.26. The van der Waals surface area contributed by atoms with Gasteiger partial charge in [-0.1, -0.05) is 58.9 Å². The summed E-state index contributed by atoms with van der Waals surface area (Å²) >= 11 is 0. The van der Waals surface area contributed by atoms with Crippen LogP contribution in [-0.2, 0) is 19.5 Å². The molecule has 1 N–H and O–H groups in total. The summed E-state index contributed by atoms with van der Waals surface area (Å²) in [6.07, 6.45) is 2.16. The van der Waals surface area contributed by atoms with Gasteiger partial charge in [0, 0.05) is 12.6 Å². The second-order valence-corrected chi connectivity index (χ2v) is 7.26. The molecule has 0 saturated carbocycles. The summed E-state index contributed by atoms with van der Waals surface area (Å²) in [5.41, 5.74) is 2.73. The van der Waals surface area contributed by atoms with Crippen LogP contribution >= 0.6 is 0 Å². The summed E-state index contributed by atoms with van der Waals surface area (Å²) in [6.45, 7) is 12.7. The molecule has 1 atom stereocenters. The van der Waals surface area contributed by atoms with Gasteiger partial charge in [0.25, 0.3) is 0 Å². The molecule has 0 amide bonds. The van der Waals surface area contributed by atoms with E-state index in [9.17, 15) is 0 Å². The minimum Gasteiger partial charge on any atom is -0.303 e. The first-order chi connectivity index (χ1) is 11.5. The summed E-state index contributed by atoms with van der Waals surface area (Å²) in [6, 6.07) is 9.32. The maximum Gasteiger partial charge on any atom is 0.165 e.